The summed E-state index contributed by atoms with van der Waals surface area (Å²) in [6.45, 7) is 0. The average Bonchev–Trinajstić information content (AvgIpc) is 2.83. The number of nitrogens with zero attached hydrogens (tertiary/aromatic N) is 4. The molecule has 2 rings (SSSR count). The average molecular weight is 244 g/mol. The van der Waals surface area contributed by atoms with E-state index in [1.165, 1.54) is 11.8 Å². The summed E-state index contributed by atoms with van der Waals surface area (Å²) in [6.07, 6.45) is 0.679. The van der Waals surface area contributed by atoms with Crippen molar-refractivity contribution >= 4 is 17.7 Å². The van der Waals surface area contributed by atoms with E-state index in [0.29, 0.717) is 17.3 Å². The number of tetrazole rings is 1. The predicted molar refractivity (Wildman–Crippen MR) is 55.1 cm³/mol. The van der Waals surface area contributed by atoms with Crippen LogP contribution in [0.25, 0.3) is 0 Å². The standard InChI is InChI=1S/C8H12N4O3S/c1-12-8(9-10-11-12)16-4-5-2-3-6(15-5)7(13)14/h5-6H,2-4H2,1H3,(H,13,14). The molecule has 1 fully saturated rings. The van der Waals surface area contributed by atoms with Gasteiger partial charge in [0.2, 0.25) is 5.16 Å². The van der Waals surface area contributed by atoms with Gasteiger partial charge in [0.05, 0.1) is 6.10 Å². The molecule has 7 nitrogen and oxygen atoms in total. The topological polar surface area (TPSA) is 90.1 Å². The van der Waals surface area contributed by atoms with Crippen molar-refractivity contribution in [3.8, 4) is 0 Å². The Morgan fingerprint density at radius 1 is 1.69 bits per heavy atom. The van der Waals surface area contributed by atoms with Crippen molar-refractivity contribution in [1.29, 1.82) is 0 Å². The molecule has 8 heteroatoms. The molecule has 0 bridgehead atoms. The van der Waals surface area contributed by atoms with Gasteiger partial charge in [-0.2, -0.15) is 0 Å². The van der Waals surface area contributed by atoms with E-state index in [9.17, 15) is 4.79 Å². The number of aromatic nitrogens is 4. The quantitative estimate of drug-likeness (QED) is 0.741. The number of rotatable bonds is 4. The van der Waals surface area contributed by atoms with Crippen molar-refractivity contribution in [3.63, 3.8) is 0 Å². The number of carbonyl (C=O) groups is 1. The zero-order valence-electron chi connectivity index (χ0n) is 8.74. The lowest BCUT2D eigenvalue weighted by atomic mass is 10.2. The molecule has 0 aromatic carbocycles. The van der Waals surface area contributed by atoms with E-state index in [-0.39, 0.29) is 6.10 Å². The third kappa shape index (κ3) is 2.50. The summed E-state index contributed by atoms with van der Waals surface area (Å²) in [5, 5.41) is 20.5. The molecule has 1 aromatic rings. The minimum absolute atomic E-state index is 0.0252. The number of hydrogen-bond acceptors (Lipinski definition) is 6. The molecule has 0 amide bonds. The lowest BCUT2D eigenvalue weighted by molar-refractivity contribution is -0.148. The Labute approximate surface area is 96.2 Å². The van der Waals surface area contributed by atoms with Crippen LogP contribution in [0.5, 0.6) is 0 Å². The summed E-state index contributed by atoms with van der Waals surface area (Å²) in [5.74, 6) is -0.203. The molecule has 0 aliphatic carbocycles. The first-order valence-electron chi connectivity index (χ1n) is 4.90. The molecular weight excluding hydrogens is 232 g/mol. The van der Waals surface area contributed by atoms with Crippen molar-refractivity contribution in [2.24, 2.45) is 7.05 Å². The van der Waals surface area contributed by atoms with Crippen molar-refractivity contribution < 1.29 is 14.6 Å². The number of ether oxygens (including phenoxy) is 1. The fourth-order valence-electron chi connectivity index (χ4n) is 1.52. The Bertz CT molecular complexity index is 383. The van der Waals surface area contributed by atoms with Crippen molar-refractivity contribution in [3.05, 3.63) is 0 Å². The fraction of sp³-hybridized carbons (Fsp3) is 0.750. The first kappa shape index (κ1) is 11.3. The molecule has 0 spiro atoms. The highest BCUT2D eigenvalue weighted by Gasteiger charge is 2.30. The SMILES string of the molecule is Cn1nnnc1SCC1CCC(C(=O)O)O1. The van der Waals surface area contributed by atoms with Gasteiger partial charge in [0.25, 0.3) is 0 Å². The zero-order valence-corrected chi connectivity index (χ0v) is 9.55. The molecule has 1 N–H and O–H groups in total. The number of carboxylic acid groups (broad SMARTS) is 1. The minimum atomic E-state index is -0.882. The maximum atomic E-state index is 10.7. The van der Waals surface area contributed by atoms with Gasteiger partial charge in [-0.1, -0.05) is 11.8 Å². The number of aryl methyl sites for hydroxylation is 1. The van der Waals surface area contributed by atoms with Crippen LogP contribution in [0.15, 0.2) is 5.16 Å². The highest BCUT2D eigenvalue weighted by molar-refractivity contribution is 7.99. The number of aliphatic carboxylic acids is 1. The molecule has 2 unspecified atom stereocenters. The Morgan fingerprint density at radius 2 is 2.50 bits per heavy atom. The van der Waals surface area contributed by atoms with Gasteiger partial charge in [-0.15, -0.1) is 5.10 Å². The normalized spacial score (nSPS) is 24.8. The molecule has 0 saturated carbocycles. The zero-order chi connectivity index (χ0) is 11.5. The minimum Gasteiger partial charge on any atom is -0.479 e. The maximum absolute atomic E-state index is 10.7. The first-order valence-corrected chi connectivity index (χ1v) is 5.89. The van der Waals surface area contributed by atoms with Crippen LogP contribution in [0.1, 0.15) is 12.8 Å². The van der Waals surface area contributed by atoms with Gasteiger partial charge in [-0.25, -0.2) is 9.48 Å². The lowest BCUT2D eigenvalue weighted by Crippen LogP contribution is -2.21. The summed E-state index contributed by atoms with van der Waals surface area (Å²) < 4.78 is 6.94. The first-order chi connectivity index (χ1) is 7.66. The third-order valence-corrected chi connectivity index (χ3v) is 3.51. The van der Waals surface area contributed by atoms with Crippen molar-refractivity contribution in [2.75, 3.05) is 5.75 Å². The molecular formula is C8H12N4O3S. The fourth-order valence-corrected chi connectivity index (χ4v) is 2.42. The van der Waals surface area contributed by atoms with Crippen LogP contribution in [0.4, 0.5) is 0 Å². The Morgan fingerprint density at radius 3 is 3.06 bits per heavy atom. The lowest BCUT2D eigenvalue weighted by Gasteiger charge is -2.09. The Balaban J connectivity index is 1.80. The van der Waals surface area contributed by atoms with Crippen LogP contribution >= 0.6 is 11.8 Å². The molecule has 1 aliphatic rings. The van der Waals surface area contributed by atoms with E-state index in [4.69, 9.17) is 9.84 Å². The summed E-state index contributed by atoms with van der Waals surface area (Å²) in [7, 11) is 1.76. The third-order valence-electron chi connectivity index (χ3n) is 2.36. The highest BCUT2D eigenvalue weighted by atomic mass is 32.2. The van der Waals surface area contributed by atoms with E-state index in [1.54, 1.807) is 11.7 Å². The van der Waals surface area contributed by atoms with Crippen LogP contribution in [0.3, 0.4) is 0 Å². The molecule has 16 heavy (non-hydrogen) atoms. The number of thioether (sulfide) groups is 1. The van der Waals surface area contributed by atoms with Gasteiger partial charge in [0.15, 0.2) is 6.10 Å². The maximum Gasteiger partial charge on any atom is 0.332 e. The predicted octanol–water partition coefficient (Wildman–Crippen LogP) is -0.0656. The monoisotopic (exact) mass is 244 g/mol. The molecule has 2 atom stereocenters. The van der Waals surface area contributed by atoms with Crippen LogP contribution in [-0.4, -0.2) is 49.2 Å². The molecule has 2 heterocycles. The van der Waals surface area contributed by atoms with E-state index in [0.717, 1.165) is 6.42 Å². The van der Waals surface area contributed by atoms with E-state index in [1.807, 2.05) is 0 Å². The molecule has 88 valence electrons. The summed E-state index contributed by atoms with van der Waals surface area (Å²) in [5.41, 5.74) is 0. The second-order valence-electron chi connectivity index (χ2n) is 3.56. The largest absolute Gasteiger partial charge is 0.479 e. The van der Waals surface area contributed by atoms with Crippen LogP contribution < -0.4 is 0 Å². The second kappa shape index (κ2) is 4.79. The van der Waals surface area contributed by atoms with Gasteiger partial charge in [-0.3, -0.25) is 0 Å². The smallest absolute Gasteiger partial charge is 0.332 e. The van der Waals surface area contributed by atoms with Gasteiger partial charge < -0.3 is 9.84 Å². The Kier molecular flexibility index (Phi) is 3.39. The highest BCUT2D eigenvalue weighted by Crippen LogP contribution is 2.25. The van der Waals surface area contributed by atoms with Gasteiger partial charge in [0.1, 0.15) is 0 Å². The van der Waals surface area contributed by atoms with Crippen molar-refractivity contribution in [1.82, 2.24) is 20.2 Å². The van der Waals surface area contributed by atoms with E-state index >= 15 is 0 Å². The molecule has 1 aliphatic heterocycles. The summed E-state index contributed by atoms with van der Waals surface area (Å²) in [4.78, 5) is 10.7. The van der Waals surface area contributed by atoms with E-state index in [2.05, 4.69) is 15.5 Å². The molecule has 0 radical (unpaired) electrons. The van der Waals surface area contributed by atoms with Crippen LogP contribution in [-0.2, 0) is 16.6 Å². The summed E-state index contributed by atoms with van der Waals surface area (Å²) >= 11 is 1.47. The van der Waals surface area contributed by atoms with Crippen molar-refractivity contribution in [2.45, 2.75) is 30.2 Å². The summed E-state index contributed by atoms with van der Waals surface area (Å²) in [6, 6.07) is 0. The van der Waals surface area contributed by atoms with Gasteiger partial charge >= 0.3 is 5.97 Å². The Hall–Kier alpha value is -1.15. The number of hydrogen-bond donors (Lipinski definition) is 1. The molecule has 1 aromatic heterocycles. The number of carboxylic acids is 1. The van der Waals surface area contributed by atoms with Gasteiger partial charge in [-0.05, 0) is 23.3 Å². The second-order valence-corrected chi connectivity index (χ2v) is 4.55. The van der Waals surface area contributed by atoms with Crippen LogP contribution in [0, 0.1) is 0 Å². The van der Waals surface area contributed by atoms with Gasteiger partial charge in [0, 0.05) is 12.8 Å². The van der Waals surface area contributed by atoms with Crippen LogP contribution in [0.2, 0.25) is 0 Å². The van der Waals surface area contributed by atoms with E-state index < -0.39 is 12.1 Å². The molecule has 1 saturated heterocycles.